The second-order valence-corrected chi connectivity index (χ2v) is 8.51. The zero-order valence-electron chi connectivity index (χ0n) is 19.7. The van der Waals surface area contributed by atoms with Crippen molar-refractivity contribution in [2.75, 3.05) is 26.6 Å². The molecule has 5 rings (SSSR count). The van der Waals surface area contributed by atoms with Crippen LogP contribution in [0.3, 0.4) is 0 Å². The summed E-state index contributed by atoms with van der Waals surface area (Å²) in [5.74, 6) is 2.54. The third-order valence-electron chi connectivity index (χ3n) is 5.54. The van der Waals surface area contributed by atoms with Crippen LogP contribution in [0.2, 0.25) is 0 Å². The first-order chi connectivity index (χ1) is 17.5. The number of fused-ring (bicyclic) bond motifs is 1. The highest BCUT2D eigenvalue weighted by atomic mass is 32.1. The monoisotopic (exact) mass is 502 g/mol. The standard InChI is InChI=1S/C25H22N6O4S/c1-33-18-10-14(11-19(34-2)21(18)35-3)31-12-20(27-13-31)28-24-17-8-9-36-25(17)30-23(29-24)16-7-5-4-6-15(16)22(26)32/h4-13H,1-3H3,(H2,26,32)(H,28,29,30). The lowest BCUT2D eigenvalue weighted by Gasteiger charge is -2.14. The van der Waals surface area contributed by atoms with E-state index in [9.17, 15) is 4.79 Å². The van der Waals surface area contributed by atoms with Crippen molar-refractivity contribution < 1.29 is 19.0 Å². The Bertz CT molecular complexity index is 1550. The molecule has 2 aromatic carbocycles. The number of aromatic nitrogens is 4. The maximum atomic E-state index is 12.0. The Morgan fingerprint density at radius 1 is 1.03 bits per heavy atom. The normalized spacial score (nSPS) is 10.9. The molecule has 0 spiro atoms. The van der Waals surface area contributed by atoms with Gasteiger partial charge in [0, 0.05) is 17.7 Å². The number of thiophene rings is 1. The molecule has 10 nitrogen and oxygen atoms in total. The minimum atomic E-state index is -0.543. The van der Waals surface area contributed by atoms with Crippen LogP contribution in [-0.2, 0) is 0 Å². The van der Waals surface area contributed by atoms with E-state index in [1.165, 1.54) is 11.3 Å². The highest BCUT2D eigenvalue weighted by Gasteiger charge is 2.17. The molecule has 3 N–H and O–H groups in total. The maximum Gasteiger partial charge on any atom is 0.249 e. The number of primary amides is 1. The van der Waals surface area contributed by atoms with E-state index in [0.717, 1.165) is 15.9 Å². The number of anilines is 2. The number of rotatable bonds is 8. The summed E-state index contributed by atoms with van der Waals surface area (Å²) in [4.78, 5) is 26.6. The molecule has 1 amide bonds. The summed E-state index contributed by atoms with van der Waals surface area (Å²) in [6, 6.07) is 12.6. The number of nitrogens with zero attached hydrogens (tertiary/aromatic N) is 4. The lowest BCUT2D eigenvalue weighted by atomic mass is 10.1. The number of carbonyl (C=O) groups excluding carboxylic acids is 1. The van der Waals surface area contributed by atoms with Gasteiger partial charge in [0.05, 0.1) is 44.2 Å². The Morgan fingerprint density at radius 2 is 1.78 bits per heavy atom. The molecule has 3 heterocycles. The Morgan fingerprint density at radius 3 is 2.47 bits per heavy atom. The third kappa shape index (κ3) is 4.16. The van der Waals surface area contributed by atoms with Crippen molar-refractivity contribution in [2.45, 2.75) is 0 Å². The van der Waals surface area contributed by atoms with Crippen LogP contribution in [0.4, 0.5) is 11.6 Å². The third-order valence-corrected chi connectivity index (χ3v) is 6.34. The largest absolute Gasteiger partial charge is 0.493 e. The lowest BCUT2D eigenvalue weighted by Crippen LogP contribution is -2.13. The van der Waals surface area contributed by atoms with Crippen molar-refractivity contribution in [2.24, 2.45) is 5.73 Å². The zero-order chi connectivity index (χ0) is 25.2. The molecule has 11 heteroatoms. The lowest BCUT2D eigenvalue weighted by molar-refractivity contribution is 0.100. The molecule has 0 aliphatic heterocycles. The van der Waals surface area contributed by atoms with Gasteiger partial charge in [-0.1, -0.05) is 18.2 Å². The highest BCUT2D eigenvalue weighted by Crippen LogP contribution is 2.39. The Labute approximate surface area is 210 Å². The average molecular weight is 503 g/mol. The van der Waals surface area contributed by atoms with Crippen LogP contribution in [0.5, 0.6) is 17.2 Å². The van der Waals surface area contributed by atoms with E-state index in [2.05, 4.69) is 15.3 Å². The molecule has 0 saturated carbocycles. The van der Waals surface area contributed by atoms with E-state index >= 15 is 0 Å². The molecular formula is C25H22N6O4S. The topological polar surface area (TPSA) is 126 Å². The molecule has 0 saturated heterocycles. The van der Waals surface area contributed by atoms with Crippen molar-refractivity contribution in [3.63, 3.8) is 0 Å². The van der Waals surface area contributed by atoms with Gasteiger partial charge in [-0.05, 0) is 17.5 Å². The summed E-state index contributed by atoms with van der Waals surface area (Å²) in [6.07, 6.45) is 3.48. The fraction of sp³-hybridized carbons (Fsp3) is 0.120. The SMILES string of the molecule is COc1cc(-n2cnc(Nc3nc(-c4ccccc4C(N)=O)nc4sccc34)c2)cc(OC)c1OC. The van der Waals surface area contributed by atoms with Crippen molar-refractivity contribution in [3.8, 4) is 34.3 Å². The molecule has 0 aliphatic carbocycles. The van der Waals surface area contributed by atoms with Gasteiger partial charge in [0.25, 0.3) is 0 Å². The van der Waals surface area contributed by atoms with Gasteiger partial charge in [-0.3, -0.25) is 4.79 Å². The van der Waals surface area contributed by atoms with Crippen molar-refractivity contribution in [1.29, 1.82) is 0 Å². The van der Waals surface area contributed by atoms with Crippen LogP contribution >= 0.6 is 11.3 Å². The van der Waals surface area contributed by atoms with E-state index in [1.54, 1.807) is 45.9 Å². The molecule has 0 atom stereocenters. The van der Waals surface area contributed by atoms with Gasteiger partial charge < -0.3 is 29.8 Å². The van der Waals surface area contributed by atoms with E-state index in [1.807, 2.05) is 40.4 Å². The predicted octanol–water partition coefficient (Wildman–Crippen LogP) is 4.41. The molecule has 0 bridgehead atoms. The Kier molecular flexibility index (Phi) is 6.13. The Balaban J connectivity index is 1.53. The summed E-state index contributed by atoms with van der Waals surface area (Å²) in [6.45, 7) is 0. The zero-order valence-corrected chi connectivity index (χ0v) is 20.5. The van der Waals surface area contributed by atoms with Gasteiger partial charge in [-0.15, -0.1) is 11.3 Å². The highest BCUT2D eigenvalue weighted by molar-refractivity contribution is 7.16. The summed E-state index contributed by atoms with van der Waals surface area (Å²) in [7, 11) is 4.69. The molecule has 5 aromatic rings. The Hall–Kier alpha value is -4.64. The number of imidazole rings is 1. The van der Waals surface area contributed by atoms with E-state index in [-0.39, 0.29) is 0 Å². The van der Waals surface area contributed by atoms with Crippen LogP contribution in [0.15, 0.2) is 60.4 Å². The molecule has 36 heavy (non-hydrogen) atoms. The molecule has 0 unspecified atom stereocenters. The second-order valence-electron chi connectivity index (χ2n) is 7.62. The van der Waals surface area contributed by atoms with Gasteiger partial charge in [0.15, 0.2) is 17.3 Å². The first-order valence-corrected chi connectivity index (χ1v) is 11.7. The predicted molar refractivity (Wildman–Crippen MR) is 138 cm³/mol. The van der Waals surface area contributed by atoms with Crippen molar-refractivity contribution in [1.82, 2.24) is 19.5 Å². The van der Waals surface area contributed by atoms with Crippen LogP contribution in [-0.4, -0.2) is 46.8 Å². The van der Waals surface area contributed by atoms with Crippen LogP contribution in [0, 0.1) is 0 Å². The van der Waals surface area contributed by atoms with Gasteiger partial charge in [-0.25, -0.2) is 15.0 Å². The number of benzene rings is 2. The second kappa shape index (κ2) is 9.55. The van der Waals surface area contributed by atoms with Gasteiger partial charge in [0.2, 0.25) is 11.7 Å². The quantitative estimate of drug-likeness (QED) is 0.319. The fourth-order valence-corrected chi connectivity index (χ4v) is 4.59. The van der Waals surface area contributed by atoms with E-state index < -0.39 is 5.91 Å². The van der Waals surface area contributed by atoms with Gasteiger partial charge in [0.1, 0.15) is 22.8 Å². The summed E-state index contributed by atoms with van der Waals surface area (Å²) in [5, 5.41) is 6.05. The number of amides is 1. The first kappa shape index (κ1) is 23.1. The number of nitrogens with two attached hydrogens (primary N) is 1. The van der Waals surface area contributed by atoms with Crippen LogP contribution in [0.25, 0.3) is 27.3 Å². The number of carbonyl (C=O) groups is 1. The number of hydrogen-bond donors (Lipinski definition) is 2. The fourth-order valence-electron chi connectivity index (χ4n) is 3.83. The van der Waals surface area contributed by atoms with Crippen molar-refractivity contribution >= 4 is 39.1 Å². The molecule has 3 aromatic heterocycles. The molecular weight excluding hydrogens is 480 g/mol. The summed E-state index contributed by atoms with van der Waals surface area (Å²) >= 11 is 1.48. The molecule has 0 aliphatic rings. The number of ether oxygens (including phenoxy) is 3. The average Bonchev–Trinajstić information content (AvgIpc) is 3.57. The number of methoxy groups -OCH3 is 3. The smallest absolute Gasteiger partial charge is 0.249 e. The number of nitrogens with one attached hydrogen (secondary N) is 1. The van der Waals surface area contributed by atoms with Gasteiger partial charge >= 0.3 is 0 Å². The first-order valence-electron chi connectivity index (χ1n) is 10.8. The summed E-state index contributed by atoms with van der Waals surface area (Å²) < 4.78 is 18.2. The maximum absolute atomic E-state index is 12.0. The summed E-state index contributed by atoms with van der Waals surface area (Å²) in [5.41, 5.74) is 7.26. The molecule has 0 fully saturated rings. The molecule has 0 radical (unpaired) electrons. The van der Waals surface area contributed by atoms with E-state index in [4.69, 9.17) is 24.9 Å². The molecule has 182 valence electrons. The van der Waals surface area contributed by atoms with Crippen LogP contribution in [0.1, 0.15) is 10.4 Å². The van der Waals surface area contributed by atoms with Crippen LogP contribution < -0.4 is 25.3 Å². The minimum absolute atomic E-state index is 0.353. The van der Waals surface area contributed by atoms with Crippen molar-refractivity contribution in [3.05, 3.63) is 65.9 Å². The van der Waals surface area contributed by atoms with Gasteiger partial charge in [-0.2, -0.15) is 0 Å². The van der Waals surface area contributed by atoms with E-state index in [0.29, 0.717) is 45.8 Å². The number of hydrogen-bond acceptors (Lipinski definition) is 9. The minimum Gasteiger partial charge on any atom is -0.493 e.